The molecule has 1 rings (SSSR count). The van der Waals surface area contributed by atoms with Crippen LogP contribution in [0.15, 0.2) is 28.7 Å². The maximum absolute atomic E-state index is 13.1. The lowest BCUT2D eigenvalue weighted by Gasteiger charge is -2.14. The molecule has 0 radical (unpaired) electrons. The zero-order valence-corrected chi connectivity index (χ0v) is 8.22. The van der Waals surface area contributed by atoms with Gasteiger partial charge in [0, 0.05) is 10.0 Å². The van der Waals surface area contributed by atoms with Gasteiger partial charge in [0.25, 0.3) is 5.92 Å². The number of halogens is 3. The average molecular weight is 252 g/mol. The minimum Gasteiger partial charge on any atom is -0.298 e. The minimum absolute atomic E-state index is 0.118. The third-order valence-electron chi connectivity index (χ3n) is 1.51. The molecule has 1 aromatic carbocycles. The lowest BCUT2D eigenvalue weighted by Crippen LogP contribution is -2.23. The largest absolute Gasteiger partial charge is 0.298 e. The Bertz CT molecular complexity index is 293. The third-order valence-corrected chi connectivity index (χ3v) is 2.00. The van der Waals surface area contributed by atoms with Crippen LogP contribution in [0, 0.1) is 0 Å². The van der Waals surface area contributed by atoms with Crippen LogP contribution in [0.5, 0.6) is 0 Å². The van der Waals surface area contributed by atoms with Crippen molar-refractivity contribution < 1.29 is 13.6 Å². The summed E-state index contributed by atoms with van der Waals surface area (Å²) in [7, 11) is 0. The Labute approximate surface area is 82.8 Å². The lowest BCUT2D eigenvalue weighted by molar-refractivity contribution is -0.0838. The van der Waals surface area contributed by atoms with Gasteiger partial charge in [0.05, 0.1) is 0 Å². The van der Waals surface area contributed by atoms with Crippen LogP contribution in [0.1, 0.15) is 5.56 Å². The van der Waals surface area contributed by atoms with Crippen LogP contribution in [0.25, 0.3) is 0 Å². The molecule has 0 amide bonds. The lowest BCUT2D eigenvalue weighted by atomic mass is 10.1. The molecule has 0 bridgehead atoms. The van der Waals surface area contributed by atoms with E-state index in [-0.39, 0.29) is 5.56 Å². The van der Waals surface area contributed by atoms with Gasteiger partial charge >= 0.3 is 0 Å². The Balaban J connectivity index is 2.93. The number of nitrogens with two attached hydrogens (primary N) is 1. The summed E-state index contributed by atoms with van der Waals surface area (Å²) in [5.41, 5.74) is -0.118. The van der Waals surface area contributed by atoms with E-state index < -0.39 is 12.5 Å². The van der Waals surface area contributed by atoms with Gasteiger partial charge in [-0.2, -0.15) is 8.78 Å². The van der Waals surface area contributed by atoms with Crippen molar-refractivity contribution in [1.82, 2.24) is 0 Å². The second-order valence-electron chi connectivity index (χ2n) is 2.53. The second kappa shape index (κ2) is 4.13. The molecular weight excluding hydrogens is 244 g/mol. The summed E-state index contributed by atoms with van der Waals surface area (Å²) in [4.78, 5) is 3.94. The normalized spacial score (nSPS) is 11.7. The highest BCUT2D eigenvalue weighted by atomic mass is 79.9. The Kier molecular flexibility index (Phi) is 3.35. The molecule has 0 atom stereocenters. The number of hydrogen-bond acceptors (Lipinski definition) is 2. The van der Waals surface area contributed by atoms with Crippen LogP contribution in [-0.4, -0.2) is 6.61 Å². The Hall–Kier alpha value is -0.520. The number of benzene rings is 1. The van der Waals surface area contributed by atoms with Gasteiger partial charge in [0.1, 0.15) is 6.61 Å². The molecule has 0 spiro atoms. The van der Waals surface area contributed by atoms with E-state index in [2.05, 4.69) is 26.7 Å². The van der Waals surface area contributed by atoms with Gasteiger partial charge in [0.2, 0.25) is 0 Å². The van der Waals surface area contributed by atoms with Gasteiger partial charge in [-0.25, -0.2) is 5.90 Å². The maximum atomic E-state index is 13.1. The summed E-state index contributed by atoms with van der Waals surface area (Å²) in [5, 5.41) is 0. The summed E-state index contributed by atoms with van der Waals surface area (Å²) in [6, 6.07) is 5.86. The van der Waals surface area contributed by atoms with Crippen LogP contribution in [0.2, 0.25) is 0 Å². The molecule has 0 saturated heterocycles. The van der Waals surface area contributed by atoms with Crippen molar-refractivity contribution in [2.75, 3.05) is 6.61 Å². The summed E-state index contributed by atoms with van der Waals surface area (Å²) in [6.07, 6.45) is 0. The van der Waals surface area contributed by atoms with Gasteiger partial charge in [0.15, 0.2) is 0 Å². The second-order valence-corrected chi connectivity index (χ2v) is 3.44. The zero-order valence-electron chi connectivity index (χ0n) is 6.64. The molecule has 2 N–H and O–H groups in total. The van der Waals surface area contributed by atoms with Crippen LogP contribution >= 0.6 is 15.9 Å². The SMILES string of the molecule is NOCC(F)(F)c1cccc(Br)c1. The van der Waals surface area contributed by atoms with E-state index in [1.54, 1.807) is 6.07 Å². The molecular formula is C8H8BrF2NO. The number of alkyl halides is 2. The summed E-state index contributed by atoms with van der Waals surface area (Å²) in [6.45, 7) is -0.816. The minimum atomic E-state index is -3.04. The van der Waals surface area contributed by atoms with Crippen molar-refractivity contribution in [2.45, 2.75) is 5.92 Å². The van der Waals surface area contributed by atoms with Crippen molar-refractivity contribution in [2.24, 2.45) is 5.90 Å². The molecule has 0 aliphatic carbocycles. The summed E-state index contributed by atoms with van der Waals surface area (Å²) in [5.74, 6) is 1.56. The van der Waals surface area contributed by atoms with Crippen molar-refractivity contribution >= 4 is 15.9 Å². The fourth-order valence-corrected chi connectivity index (χ4v) is 1.30. The highest BCUT2D eigenvalue weighted by Crippen LogP contribution is 2.29. The molecule has 0 aliphatic rings. The van der Waals surface area contributed by atoms with Gasteiger partial charge in [-0.3, -0.25) is 4.84 Å². The first-order valence-corrected chi connectivity index (χ1v) is 4.31. The predicted molar refractivity (Wildman–Crippen MR) is 48.2 cm³/mol. The molecule has 0 unspecified atom stereocenters. The predicted octanol–water partition coefficient (Wildman–Crippen LogP) is 2.43. The van der Waals surface area contributed by atoms with E-state index in [9.17, 15) is 8.78 Å². The molecule has 0 saturated carbocycles. The van der Waals surface area contributed by atoms with E-state index in [4.69, 9.17) is 0 Å². The van der Waals surface area contributed by atoms with E-state index in [0.29, 0.717) is 4.47 Å². The highest BCUT2D eigenvalue weighted by molar-refractivity contribution is 9.10. The van der Waals surface area contributed by atoms with Crippen LogP contribution in [0.4, 0.5) is 8.78 Å². The number of hydrogen-bond donors (Lipinski definition) is 1. The Morgan fingerprint density at radius 2 is 2.15 bits per heavy atom. The first kappa shape index (κ1) is 10.6. The van der Waals surface area contributed by atoms with Gasteiger partial charge in [-0.1, -0.05) is 28.1 Å². The van der Waals surface area contributed by atoms with Crippen molar-refractivity contribution in [3.63, 3.8) is 0 Å². The topological polar surface area (TPSA) is 35.2 Å². The molecule has 1 aromatic rings. The molecule has 13 heavy (non-hydrogen) atoms. The standard InChI is InChI=1S/C8H8BrF2NO/c9-7-3-1-2-6(4-7)8(10,11)5-13-12/h1-4H,5,12H2. The summed E-state index contributed by atoms with van der Waals surface area (Å²) >= 11 is 3.10. The zero-order chi connectivity index (χ0) is 9.90. The fourth-order valence-electron chi connectivity index (χ4n) is 0.904. The Morgan fingerprint density at radius 3 is 2.69 bits per heavy atom. The van der Waals surface area contributed by atoms with Crippen molar-refractivity contribution in [3.8, 4) is 0 Å². The van der Waals surface area contributed by atoms with E-state index in [1.807, 2.05) is 0 Å². The molecule has 72 valence electrons. The van der Waals surface area contributed by atoms with Gasteiger partial charge in [-0.05, 0) is 12.1 Å². The molecule has 0 aromatic heterocycles. The Morgan fingerprint density at radius 1 is 1.46 bits per heavy atom. The molecule has 0 fully saturated rings. The summed E-state index contributed by atoms with van der Waals surface area (Å²) < 4.78 is 26.8. The molecule has 0 aliphatic heterocycles. The smallest absolute Gasteiger partial charge is 0.298 e. The van der Waals surface area contributed by atoms with Crippen LogP contribution < -0.4 is 5.90 Å². The first-order valence-electron chi connectivity index (χ1n) is 3.52. The third kappa shape index (κ3) is 2.72. The van der Waals surface area contributed by atoms with Crippen LogP contribution in [-0.2, 0) is 10.8 Å². The highest BCUT2D eigenvalue weighted by Gasteiger charge is 2.31. The van der Waals surface area contributed by atoms with E-state index in [0.717, 1.165) is 0 Å². The van der Waals surface area contributed by atoms with E-state index in [1.165, 1.54) is 18.2 Å². The maximum Gasteiger partial charge on any atom is 0.298 e. The van der Waals surface area contributed by atoms with Crippen LogP contribution in [0.3, 0.4) is 0 Å². The van der Waals surface area contributed by atoms with Gasteiger partial charge in [-0.15, -0.1) is 0 Å². The molecule has 0 heterocycles. The monoisotopic (exact) mass is 251 g/mol. The van der Waals surface area contributed by atoms with Crippen molar-refractivity contribution in [3.05, 3.63) is 34.3 Å². The molecule has 5 heteroatoms. The first-order chi connectivity index (χ1) is 6.06. The molecule has 2 nitrogen and oxygen atoms in total. The fraction of sp³-hybridized carbons (Fsp3) is 0.250. The van der Waals surface area contributed by atoms with Crippen molar-refractivity contribution in [1.29, 1.82) is 0 Å². The average Bonchev–Trinajstić information content (AvgIpc) is 2.04. The number of rotatable bonds is 3. The quantitative estimate of drug-likeness (QED) is 0.838. The van der Waals surface area contributed by atoms with E-state index >= 15 is 0 Å². The van der Waals surface area contributed by atoms with Gasteiger partial charge < -0.3 is 0 Å².